The third kappa shape index (κ3) is 5.73. The van der Waals surface area contributed by atoms with Crippen molar-refractivity contribution in [2.75, 3.05) is 6.54 Å². The molecule has 2 N–H and O–H groups in total. The highest BCUT2D eigenvalue weighted by Gasteiger charge is 2.30. The molecule has 1 aromatic heterocycles. The lowest BCUT2D eigenvalue weighted by Gasteiger charge is -2.21. The second kappa shape index (κ2) is 9.53. The number of nitrogens with zero attached hydrogens (tertiary/aromatic N) is 2. The van der Waals surface area contributed by atoms with Gasteiger partial charge in [0.2, 0.25) is 11.7 Å². The smallest absolute Gasteiger partial charge is 0.347 e. The van der Waals surface area contributed by atoms with E-state index in [1.807, 2.05) is 30.3 Å². The van der Waals surface area contributed by atoms with Gasteiger partial charge < -0.3 is 19.7 Å². The number of benzene rings is 2. The molecule has 7 nitrogen and oxygen atoms in total. The van der Waals surface area contributed by atoms with Crippen LogP contribution in [0.5, 0.6) is 5.75 Å². The highest BCUT2D eigenvalue weighted by molar-refractivity contribution is 5.76. The zero-order valence-electron chi connectivity index (χ0n) is 18.5. The summed E-state index contributed by atoms with van der Waals surface area (Å²) in [5.41, 5.74) is 2.04. The average molecular weight is 436 g/mol. The van der Waals surface area contributed by atoms with Crippen molar-refractivity contribution in [1.82, 2.24) is 15.5 Å². The van der Waals surface area contributed by atoms with Crippen LogP contribution >= 0.6 is 0 Å². The minimum Gasteiger partial charge on any atom is -0.478 e. The summed E-state index contributed by atoms with van der Waals surface area (Å²) in [6.45, 7) is 4.76. The molecule has 1 saturated carbocycles. The quantitative estimate of drug-likeness (QED) is 0.426. The summed E-state index contributed by atoms with van der Waals surface area (Å²) >= 11 is 0. The van der Waals surface area contributed by atoms with Gasteiger partial charge in [0.05, 0.1) is 0 Å². The lowest BCUT2D eigenvalue weighted by Crippen LogP contribution is -2.37. The highest BCUT2D eigenvalue weighted by atomic mass is 16.5. The average Bonchev–Trinajstić information content (AvgIpc) is 3.50. The van der Waals surface area contributed by atoms with E-state index in [1.54, 1.807) is 19.9 Å². The van der Waals surface area contributed by atoms with Crippen LogP contribution in [0.15, 0.2) is 53.1 Å². The number of rotatable bonds is 11. The molecule has 32 heavy (non-hydrogen) atoms. The molecule has 1 aliphatic rings. The second-order valence-corrected chi connectivity index (χ2v) is 8.77. The first-order valence-electron chi connectivity index (χ1n) is 11.1. The fraction of sp³-hybridized carbons (Fsp3) is 0.400. The van der Waals surface area contributed by atoms with Gasteiger partial charge in [-0.2, -0.15) is 4.98 Å². The molecule has 0 atom stereocenters. The number of nitrogens with one attached hydrogen (secondary N) is 1. The van der Waals surface area contributed by atoms with E-state index in [-0.39, 0.29) is 0 Å². The molecule has 0 radical (unpaired) electrons. The van der Waals surface area contributed by atoms with Gasteiger partial charge >= 0.3 is 5.97 Å². The van der Waals surface area contributed by atoms with Crippen molar-refractivity contribution in [2.24, 2.45) is 0 Å². The number of hydrogen-bond acceptors (Lipinski definition) is 6. The third-order valence-electron chi connectivity index (χ3n) is 5.52. The molecule has 1 aliphatic carbocycles. The first-order valence-corrected chi connectivity index (χ1v) is 11.1. The van der Waals surface area contributed by atoms with Crippen LogP contribution in [0, 0.1) is 0 Å². The number of carboxylic acid groups (broad SMARTS) is 1. The minimum absolute atomic E-state index is 0.464. The van der Waals surface area contributed by atoms with Gasteiger partial charge in [-0.3, -0.25) is 0 Å². The van der Waals surface area contributed by atoms with Crippen LogP contribution < -0.4 is 10.1 Å². The molecule has 168 valence electrons. The molecule has 0 saturated heterocycles. The van der Waals surface area contributed by atoms with E-state index in [2.05, 4.69) is 27.6 Å². The number of aromatic nitrogens is 2. The molecular formula is C25H29N3O4. The van der Waals surface area contributed by atoms with Gasteiger partial charge in [-0.25, -0.2) is 4.79 Å². The number of carboxylic acids is 1. The van der Waals surface area contributed by atoms with Gasteiger partial charge in [0, 0.05) is 18.0 Å². The van der Waals surface area contributed by atoms with Gasteiger partial charge in [0.15, 0.2) is 5.60 Å². The maximum atomic E-state index is 11.2. The maximum Gasteiger partial charge on any atom is 0.347 e. The monoisotopic (exact) mass is 435 g/mol. The first-order chi connectivity index (χ1) is 15.4. The summed E-state index contributed by atoms with van der Waals surface area (Å²) in [5.74, 6) is 1.47. The Morgan fingerprint density at radius 1 is 1.19 bits per heavy atom. The summed E-state index contributed by atoms with van der Waals surface area (Å²) in [4.78, 5) is 15.7. The van der Waals surface area contributed by atoms with Gasteiger partial charge in [-0.15, -0.1) is 0 Å². The summed E-state index contributed by atoms with van der Waals surface area (Å²) in [6.07, 6.45) is 4.15. The number of ether oxygens (including phenoxy) is 1. The van der Waals surface area contributed by atoms with Crippen LogP contribution in [0.1, 0.15) is 56.0 Å². The van der Waals surface area contributed by atoms with E-state index in [9.17, 15) is 9.90 Å². The molecule has 0 bridgehead atoms. The largest absolute Gasteiger partial charge is 0.478 e. The molecule has 7 heteroatoms. The van der Waals surface area contributed by atoms with Gasteiger partial charge in [0.25, 0.3) is 0 Å². The normalized spacial score (nSPS) is 13.8. The van der Waals surface area contributed by atoms with Gasteiger partial charge in [0.1, 0.15) is 5.75 Å². The van der Waals surface area contributed by atoms with Crippen molar-refractivity contribution in [3.63, 3.8) is 0 Å². The Balaban J connectivity index is 1.20. The van der Waals surface area contributed by atoms with E-state index in [4.69, 9.17) is 9.26 Å². The van der Waals surface area contributed by atoms with E-state index in [1.165, 1.54) is 5.56 Å². The van der Waals surface area contributed by atoms with Crippen LogP contribution in [-0.2, 0) is 17.8 Å². The third-order valence-corrected chi connectivity index (χ3v) is 5.52. The Hall–Kier alpha value is -3.19. The molecule has 0 amide bonds. The molecule has 0 unspecified atom stereocenters. The van der Waals surface area contributed by atoms with E-state index in [0.29, 0.717) is 17.5 Å². The number of carbonyl (C=O) groups is 1. The van der Waals surface area contributed by atoms with Gasteiger partial charge in [-0.1, -0.05) is 41.6 Å². The van der Waals surface area contributed by atoms with Crippen molar-refractivity contribution in [2.45, 2.75) is 57.6 Å². The second-order valence-electron chi connectivity index (χ2n) is 8.77. The summed E-state index contributed by atoms with van der Waals surface area (Å²) in [6, 6.07) is 15.9. The Bertz CT molecular complexity index is 1060. The van der Waals surface area contributed by atoms with Crippen LogP contribution in [0.3, 0.4) is 0 Å². The van der Waals surface area contributed by atoms with E-state index >= 15 is 0 Å². The zero-order chi connectivity index (χ0) is 22.6. The van der Waals surface area contributed by atoms with Crippen molar-refractivity contribution in [3.05, 3.63) is 65.5 Å². The molecule has 1 heterocycles. The van der Waals surface area contributed by atoms with Crippen LogP contribution in [0.4, 0.5) is 0 Å². The number of aliphatic carboxylic acids is 1. The predicted octanol–water partition coefficient (Wildman–Crippen LogP) is 4.58. The first kappa shape index (κ1) is 22.0. The van der Waals surface area contributed by atoms with E-state index in [0.717, 1.165) is 55.8 Å². The standard InChI is InChI=1S/C25H29N3O4/c1-25(2,24(29)30)31-21-7-3-5-17(15-21)6-4-14-26-16-18-8-10-19(11-9-18)22-27-23(32-28-22)20-12-13-20/h3,5,7-11,15,20,26H,4,6,12-14,16H2,1-2H3,(H,29,30). The molecule has 1 fully saturated rings. The topological polar surface area (TPSA) is 97.5 Å². The van der Waals surface area contributed by atoms with Crippen LogP contribution in [0.25, 0.3) is 11.4 Å². The van der Waals surface area contributed by atoms with Crippen LogP contribution in [-0.4, -0.2) is 33.4 Å². The molecule has 0 spiro atoms. The molecular weight excluding hydrogens is 406 g/mol. The lowest BCUT2D eigenvalue weighted by molar-refractivity contribution is -0.152. The van der Waals surface area contributed by atoms with Crippen LogP contribution in [0.2, 0.25) is 0 Å². The Kier molecular flexibility index (Phi) is 6.55. The van der Waals surface area contributed by atoms with Gasteiger partial charge in [-0.05, 0) is 69.3 Å². The molecule has 0 aliphatic heterocycles. The Labute approximate surface area is 187 Å². The Morgan fingerprint density at radius 3 is 2.69 bits per heavy atom. The predicted molar refractivity (Wildman–Crippen MR) is 121 cm³/mol. The summed E-state index contributed by atoms with van der Waals surface area (Å²) < 4.78 is 11.0. The highest BCUT2D eigenvalue weighted by Crippen LogP contribution is 2.39. The molecule has 2 aromatic carbocycles. The zero-order valence-corrected chi connectivity index (χ0v) is 18.5. The molecule has 4 rings (SSSR count). The minimum atomic E-state index is -1.25. The maximum absolute atomic E-state index is 11.2. The fourth-order valence-electron chi connectivity index (χ4n) is 3.37. The fourth-order valence-corrected chi connectivity index (χ4v) is 3.37. The number of hydrogen-bond donors (Lipinski definition) is 2. The van der Waals surface area contributed by atoms with Crippen molar-refractivity contribution < 1.29 is 19.2 Å². The van der Waals surface area contributed by atoms with Crippen molar-refractivity contribution >= 4 is 5.97 Å². The van der Waals surface area contributed by atoms with E-state index < -0.39 is 11.6 Å². The van der Waals surface area contributed by atoms with Crippen molar-refractivity contribution in [1.29, 1.82) is 0 Å². The SMILES string of the molecule is CC(C)(Oc1cccc(CCCNCc2ccc(-c3noc(C4CC4)n3)cc2)c1)C(=O)O. The summed E-state index contributed by atoms with van der Waals surface area (Å²) in [7, 11) is 0. The number of aryl methyl sites for hydroxylation is 1. The Morgan fingerprint density at radius 2 is 1.97 bits per heavy atom. The van der Waals surface area contributed by atoms with Crippen molar-refractivity contribution in [3.8, 4) is 17.1 Å². The lowest BCUT2D eigenvalue weighted by atomic mass is 10.1. The summed E-state index contributed by atoms with van der Waals surface area (Å²) in [5, 5.41) is 16.8. The molecule has 3 aromatic rings.